The van der Waals surface area contributed by atoms with Crippen molar-refractivity contribution in [3.8, 4) is 5.75 Å². The third-order valence-corrected chi connectivity index (χ3v) is 3.58. The molecule has 1 aromatic carbocycles. The summed E-state index contributed by atoms with van der Waals surface area (Å²) in [6, 6.07) is 6.87. The van der Waals surface area contributed by atoms with Crippen molar-refractivity contribution < 1.29 is 9.53 Å². The zero-order valence-corrected chi connectivity index (χ0v) is 13.7. The first-order valence-electron chi connectivity index (χ1n) is 6.89. The average molecular weight is 342 g/mol. The summed E-state index contributed by atoms with van der Waals surface area (Å²) in [5.41, 5.74) is 0.807. The van der Waals surface area contributed by atoms with E-state index in [1.54, 1.807) is 35.1 Å². The predicted octanol–water partition coefficient (Wildman–Crippen LogP) is 3.08. The molecule has 1 aromatic heterocycles. The highest BCUT2D eigenvalue weighted by molar-refractivity contribution is 6.31. The number of amides is 1. The van der Waals surface area contributed by atoms with Gasteiger partial charge in [-0.05, 0) is 37.6 Å². The number of halogens is 2. The van der Waals surface area contributed by atoms with Crippen LogP contribution in [0.1, 0.15) is 12.1 Å². The number of nitrogens with zero attached hydrogens (tertiary/aromatic N) is 2. The van der Waals surface area contributed by atoms with E-state index in [2.05, 4.69) is 10.4 Å². The molecule has 0 unspecified atom stereocenters. The number of rotatable bonds is 7. The normalized spacial score (nSPS) is 10.5. The van der Waals surface area contributed by atoms with Gasteiger partial charge in [-0.2, -0.15) is 5.10 Å². The number of hydrogen-bond donors (Lipinski definition) is 1. The number of hydrogen-bond acceptors (Lipinski definition) is 3. The third-order valence-electron chi connectivity index (χ3n) is 2.96. The van der Waals surface area contributed by atoms with E-state index >= 15 is 0 Å². The van der Waals surface area contributed by atoms with Crippen LogP contribution in [-0.2, 0) is 11.3 Å². The van der Waals surface area contributed by atoms with Gasteiger partial charge in [0.05, 0.1) is 10.7 Å². The Hall–Kier alpha value is -1.72. The molecule has 0 aliphatic heterocycles. The Morgan fingerprint density at radius 3 is 2.68 bits per heavy atom. The fraction of sp³-hybridized carbons (Fsp3) is 0.333. The largest absolute Gasteiger partial charge is 0.484 e. The van der Waals surface area contributed by atoms with Crippen molar-refractivity contribution in [2.75, 3.05) is 13.2 Å². The maximum atomic E-state index is 11.6. The van der Waals surface area contributed by atoms with Gasteiger partial charge in [0.15, 0.2) is 6.61 Å². The molecule has 0 bridgehead atoms. The number of aryl methyl sites for hydroxylation is 2. The van der Waals surface area contributed by atoms with Gasteiger partial charge in [0.25, 0.3) is 5.91 Å². The van der Waals surface area contributed by atoms with Gasteiger partial charge in [-0.1, -0.05) is 23.2 Å². The molecule has 5 nitrogen and oxygen atoms in total. The minimum atomic E-state index is -0.162. The number of aromatic nitrogens is 2. The van der Waals surface area contributed by atoms with Crippen molar-refractivity contribution >= 4 is 29.1 Å². The molecule has 1 amide bonds. The summed E-state index contributed by atoms with van der Waals surface area (Å²) >= 11 is 11.7. The topological polar surface area (TPSA) is 56.2 Å². The van der Waals surface area contributed by atoms with Crippen molar-refractivity contribution in [3.63, 3.8) is 0 Å². The maximum absolute atomic E-state index is 11.6. The number of ether oxygens (including phenoxy) is 1. The molecule has 1 heterocycles. The summed E-state index contributed by atoms with van der Waals surface area (Å²) in [4.78, 5) is 11.6. The minimum Gasteiger partial charge on any atom is -0.484 e. The molecule has 0 radical (unpaired) electrons. The number of benzene rings is 1. The van der Waals surface area contributed by atoms with E-state index in [0.717, 1.165) is 12.1 Å². The molecule has 118 valence electrons. The van der Waals surface area contributed by atoms with E-state index in [9.17, 15) is 4.79 Å². The molecule has 0 aliphatic rings. The number of nitrogens with one attached hydrogen (secondary N) is 1. The van der Waals surface area contributed by atoms with E-state index in [1.165, 1.54) is 0 Å². The van der Waals surface area contributed by atoms with Crippen LogP contribution in [0.4, 0.5) is 0 Å². The first-order valence-corrected chi connectivity index (χ1v) is 7.65. The van der Waals surface area contributed by atoms with Gasteiger partial charge >= 0.3 is 0 Å². The van der Waals surface area contributed by atoms with Crippen LogP contribution < -0.4 is 10.1 Å². The molecular weight excluding hydrogens is 325 g/mol. The summed E-state index contributed by atoms with van der Waals surface area (Å²) in [7, 11) is 0. The van der Waals surface area contributed by atoms with Gasteiger partial charge in [-0.3, -0.25) is 9.48 Å². The Labute approximate surface area is 139 Å². The Bertz CT molecular complexity index is 607. The molecule has 0 spiro atoms. The predicted molar refractivity (Wildman–Crippen MR) is 86.5 cm³/mol. The van der Waals surface area contributed by atoms with E-state index in [4.69, 9.17) is 27.9 Å². The first kappa shape index (κ1) is 16.6. The van der Waals surface area contributed by atoms with Crippen LogP contribution in [0, 0.1) is 6.92 Å². The van der Waals surface area contributed by atoms with Crippen LogP contribution in [0.2, 0.25) is 10.0 Å². The highest BCUT2D eigenvalue weighted by Crippen LogP contribution is 2.15. The van der Waals surface area contributed by atoms with Crippen LogP contribution in [-0.4, -0.2) is 28.8 Å². The molecule has 0 fully saturated rings. The maximum Gasteiger partial charge on any atom is 0.257 e. The zero-order valence-electron chi connectivity index (χ0n) is 12.2. The second kappa shape index (κ2) is 8.06. The van der Waals surface area contributed by atoms with Gasteiger partial charge < -0.3 is 10.1 Å². The SMILES string of the molecule is Cc1nn(CCCNC(=O)COc2ccc(Cl)cc2)cc1Cl. The highest BCUT2D eigenvalue weighted by Gasteiger charge is 2.04. The molecule has 0 saturated carbocycles. The zero-order chi connectivity index (χ0) is 15.9. The fourth-order valence-corrected chi connectivity index (χ4v) is 2.08. The van der Waals surface area contributed by atoms with Gasteiger partial charge in [-0.15, -0.1) is 0 Å². The average Bonchev–Trinajstić information content (AvgIpc) is 2.82. The van der Waals surface area contributed by atoms with Crippen molar-refractivity contribution in [2.24, 2.45) is 0 Å². The second-order valence-electron chi connectivity index (χ2n) is 4.77. The van der Waals surface area contributed by atoms with Crippen LogP contribution in [0.15, 0.2) is 30.5 Å². The standard InChI is InChI=1S/C15H17Cl2N3O2/c1-11-14(17)9-20(19-11)8-2-7-18-15(21)10-22-13-5-3-12(16)4-6-13/h3-6,9H,2,7-8,10H2,1H3,(H,18,21). The summed E-state index contributed by atoms with van der Waals surface area (Å²) in [5, 5.41) is 8.32. The van der Waals surface area contributed by atoms with Crippen molar-refractivity contribution in [3.05, 3.63) is 46.2 Å². The molecule has 2 rings (SSSR count). The molecule has 2 aromatic rings. The summed E-state index contributed by atoms with van der Waals surface area (Å²) in [6.45, 7) is 3.09. The van der Waals surface area contributed by atoms with Crippen molar-refractivity contribution in [1.82, 2.24) is 15.1 Å². The minimum absolute atomic E-state index is 0.0195. The van der Waals surface area contributed by atoms with Gasteiger partial charge in [0.2, 0.25) is 0 Å². The smallest absolute Gasteiger partial charge is 0.257 e. The molecule has 1 N–H and O–H groups in total. The summed E-state index contributed by atoms with van der Waals surface area (Å²) in [5.74, 6) is 0.450. The van der Waals surface area contributed by atoms with Crippen LogP contribution in [0.25, 0.3) is 0 Å². The quantitative estimate of drug-likeness (QED) is 0.787. The molecule has 0 saturated heterocycles. The van der Waals surface area contributed by atoms with Gasteiger partial charge in [-0.25, -0.2) is 0 Å². The molecule has 7 heteroatoms. The van der Waals surface area contributed by atoms with Crippen molar-refractivity contribution in [2.45, 2.75) is 19.9 Å². The van der Waals surface area contributed by atoms with Crippen LogP contribution in [0.3, 0.4) is 0 Å². The first-order chi connectivity index (χ1) is 10.5. The lowest BCUT2D eigenvalue weighted by Crippen LogP contribution is -2.30. The van der Waals surface area contributed by atoms with Crippen molar-refractivity contribution in [1.29, 1.82) is 0 Å². The van der Waals surface area contributed by atoms with Crippen LogP contribution >= 0.6 is 23.2 Å². The molecule has 0 atom stereocenters. The van der Waals surface area contributed by atoms with Gasteiger partial charge in [0, 0.05) is 24.3 Å². The Morgan fingerprint density at radius 2 is 2.05 bits per heavy atom. The second-order valence-corrected chi connectivity index (χ2v) is 5.62. The lowest BCUT2D eigenvalue weighted by atomic mass is 10.3. The van der Waals surface area contributed by atoms with E-state index in [-0.39, 0.29) is 12.5 Å². The summed E-state index contributed by atoms with van der Waals surface area (Å²) < 4.78 is 7.12. The van der Waals surface area contributed by atoms with Gasteiger partial charge in [0.1, 0.15) is 5.75 Å². The lowest BCUT2D eigenvalue weighted by Gasteiger charge is -2.07. The van der Waals surface area contributed by atoms with E-state index in [1.807, 2.05) is 6.92 Å². The lowest BCUT2D eigenvalue weighted by molar-refractivity contribution is -0.123. The van der Waals surface area contributed by atoms with E-state index < -0.39 is 0 Å². The Kier molecular flexibility index (Phi) is 6.10. The Morgan fingerprint density at radius 1 is 1.32 bits per heavy atom. The molecule has 0 aliphatic carbocycles. The fourth-order valence-electron chi connectivity index (χ4n) is 1.81. The molecule has 22 heavy (non-hydrogen) atoms. The van der Waals surface area contributed by atoms with E-state index in [0.29, 0.717) is 28.9 Å². The molecular formula is C15H17Cl2N3O2. The monoisotopic (exact) mass is 341 g/mol. The number of carbonyl (C=O) groups excluding carboxylic acids is 1. The van der Waals surface area contributed by atoms with Crippen LogP contribution in [0.5, 0.6) is 5.75 Å². The number of carbonyl (C=O) groups is 1. The summed E-state index contributed by atoms with van der Waals surface area (Å²) in [6.07, 6.45) is 2.55. The third kappa shape index (κ3) is 5.24. The Balaban J connectivity index is 1.62. The highest BCUT2D eigenvalue weighted by atomic mass is 35.5.